The monoisotopic (exact) mass is 518 g/mol. The maximum Gasteiger partial charge on any atom is 0.177 e. The van der Waals surface area contributed by atoms with Crippen LogP contribution in [0.1, 0.15) is 74.1 Å². The molecule has 0 N–H and O–H groups in total. The number of hydrogen-bond acceptors (Lipinski definition) is 0. The van der Waals surface area contributed by atoms with E-state index in [0.29, 0.717) is 10.8 Å². The van der Waals surface area contributed by atoms with Crippen LogP contribution in [0.4, 0.5) is 17.6 Å². The third-order valence-electron chi connectivity index (χ3n) is 7.07. The quantitative estimate of drug-likeness (QED) is 0.184. The summed E-state index contributed by atoms with van der Waals surface area (Å²) in [6.07, 6.45) is 2.07. The molecule has 2 atom stereocenters. The molecule has 0 saturated carbocycles. The highest BCUT2D eigenvalue weighted by molar-refractivity contribution is 5.86. The molecule has 0 saturated heterocycles. The molecule has 0 aliphatic carbocycles. The zero-order valence-corrected chi connectivity index (χ0v) is 22.0. The van der Waals surface area contributed by atoms with Gasteiger partial charge in [0, 0.05) is 10.4 Å². The van der Waals surface area contributed by atoms with Crippen LogP contribution in [-0.4, -0.2) is 0 Å². The highest BCUT2D eigenvalue weighted by Gasteiger charge is 2.20. The summed E-state index contributed by atoms with van der Waals surface area (Å²) in [5.74, 6) is -1.90. The molecule has 4 heteroatoms. The standard InChI is InChI=1S/C34H34F4/c1-3-5-9-23-13-17-25(18-14-23)31(35)33(37)29-21-22-30(28-12-8-7-11-27(28)29)34(38)32(36)26-19-15-24(16-20-26)10-6-4-2/h7-8,11-22,31-32H,3-6,9-10H2,1-2H3. The van der Waals surface area contributed by atoms with Gasteiger partial charge >= 0.3 is 0 Å². The molecule has 198 valence electrons. The molecule has 0 radical (unpaired) electrons. The van der Waals surface area contributed by atoms with Crippen molar-refractivity contribution >= 4 is 22.4 Å². The molecule has 0 aromatic heterocycles. The number of unbranched alkanes of at least 4 members (excludes halogenated alkanes) is 2. The van der Waals surface area contributed by atoms with Gasteiger partial charge in [-0.15, -0.1) is 0 Å². The molecule has 0 fully saturated rings. The van der Waals surface area contributed by atoms with E-state index >= 15 is 17.6 Å². The Balaban J connectivity index is 1.72. The van der Waals surface area contributed by atoms with Gasteiger partial charge in [0.1, 0.15) is 11.7 Å². The Labute approximate surface area is 222 Å². The molecule has 0 nitrogen and oxygen atoms in total. The molecular formula is C34H34F4. The summed E-state index contributed by atoms with van der Waals surface area (Å²) in [7, 11) is 0. The maximum absolute atomic E-state index is 15.5. The number of rotatable bonds is 10. The summed E-state index contributed by atoms with van der Waals surface area (Å²) >= 11 is 0. The van der Waals surface area contributed by atoms with Crippen molar-refractivity contribution < 1.29 is 17.6 Å². The number of aryl methyl sites for hydroxylation is 2. The summed E-state index contributed by atoms with van der Waals surface area (Å²) in [6.45, 7) is 4.21. The van der Waals surface area contributed by atoms with Crippen LogP contribution in [0.5, 0.6) is 0 Å². The zero-order valence-electron chi connectivity index (χ0n) is 22.0. The molecule has 4 aromatic carbocycles. The highest BCUT2D eigenvalue weighted by Crippen LogP contribution is 2.30. The SMILES string of the molecule is CCCCc1ccc(C(F)C(F)=c2ccc(=C(F)C(F)c3ccc(CCCC)cc3)c3ccccc23)cc1. The Bertz CT molecular complexity index is 1360. The van der Waals surface area contributed by atoms with Gasteiger partial charge in [-0.25, -0.2) is 17.6 Å². The van der Waals surface area contributed by atoms with E-state index in [2.05, 4.69) is 13.8 Å². The fourth-order valence-corrected chi connectivity index (χ4v) is 4.75. The fraction of sp³-hybridized carbons (Fsp3) is 0.294. The normalized spacial score (nSPS) is 14.8. The van der Waals surface area contributed by atoms with Crippen molar-refractivity contribution in [1.82, 2.24) is 0 Å². The topological polar surface area (TPSA) is 0 Å². The van der Waals surface area contributed by atoms with Crippen LogP contribution in [0, 0.1) is 0 Å². The summed E-state index contributed by atoms with van der Waals surface area (Å²) in [6, 6.07) is 23.0. The predicted octanol–water partition coefficient (Wildman–Crippen LogP) is 9.10. The van der Waals surface area contributed by atoms with Gasteiger partial charge in [0.25, 0.3) is 0 Å². The molecule has 0 spiro atoms. The molecule has 4 aromatic rings. The first-order valence-electron chi connectivity index (χ1n) is 13.5. The van der Waals surface area contributed by atoms with Crippen LogP contribution in [0.3, 0.4) is 0 Å². The molecule has 0 aliphatic heterocycles. The van der Waals surface area contributed by atoms with Crippen molar-refractivity contribution in [2.45, 2.75) is 64.7 Å². The van der Waals surface area contributed by atoms with Gasteiger partial charge in [-0.3, -0.25) is 0 Å². The lowest BCUT2D eigenvalue weighted by Gasteiger charge is -2.11. The Morgan fingerprint density at radius 2 is 0.921 bits per heavy atom. The van der Waals surface area contributed by atoms with E-state index in [-0.39, 0.29) is 21.6 Å². The summed E-state index contributed by atoms with van der Waals surface area (Å²) < 4.78 is 61.6. The lowest BCUT2D eigenvalue weighted by atomic mass is 9.99. The summed E-state index contributed by atoms with van der Waals surface area (Å²) in [5.41, 5.74) is 2.61. The van der Waals surface area contributed by atoms with Crippen LogP contribution in [0.25, 0.3) is 22.4 Å². The van der Waals surface area contributed by atoms with E-state index in [0.717, 1.165) is 49.7 Å². The Hall–Kier alpha value is -3.40. The third-order valence-corrected chi connectivity index (χ3v) is 7.07. The smallest absolute Gasteiger partial charge is 0.177 e. The van der Waals surface area contributed by atoms with Crippen molar-refractivity contribution in [3.63, 3.8) is 0 Å². The molecular weight excluding hydrogens is 484 g/mol. The van der Waals surface area contributed by atoms with Crippen LogP contribution in [-0.2, 0) is 12.8 Å². The van der Waals surface area contributed by atoms with Crippen LogP contribution < -0.4 is 10.4 Å². The van der Waals surface area contributed by atoms with E-state index in [1.165, 1.54) is 12.1 Å². The fourth-order valence-electron chi connectivity index (χ4n) is 4.75. The zero-order chi connectivity index (χ0) is 27.1. The average Bonchev–Trinajstić information content (AvgIpc) is 2.97. The van der Waals surface area contributed by atoms with Crippen molar-refractivity contribution in [3.8, 4) is 0 Å². The van der Waals surface area contributed by atoms with E-state index in [4.69, 9.17) is 0 Å². The lowest BCUT2D eigenvalue weighted by molar-refractivity contribution is 0.386. The Morgan fingerprint density at radius 1 is 0.553 bits per heavy atom. The number of fused-ring (bicyclic) bond motifs is 1. The summed E-state index contributed by atoms with van der Waals surface area (Å²) in [4.78, 5) is 0. The van der Waals surface area contributed by atoms with E-state index in [1.54, 1.807) is 48.5 Å². The first-order valence-corrected chi connectivity index (χ1v) is 13.5. The Morgan fingerprint density at radius 3 is 1.26 bits per heavy atom. The lowest BCUT2D eigenvalue weighted by Crippen LogP contribution is -2.17. The van der Waals surface area contributed by atoms with Crippen molar-refractivity contribution in [2.75, 3.05) is 0 Å². The van der Waals surface area contributed by atoms with Gasteiger partial charge in [-0.2, -0.15) is 0 Å². The first-order chi connectivity index (χ1) is 18.4. The second-order valence-electron chi connectivity index (χ2n) is 9.82. The first kappa shape index (κ1) is 27.6. The molecule has 0 bridgehead atoms. The number of hydrogen-bond donors (Lipinski definition) is 0. The van der Waals surface area contributed by atoms with Gasteiger partial charge in [0.2, 0.25) is 0 Å². The maximum atomic E-state index is 15.5. The molecule has 2 unspecified atom stereocenters. The predicted molar refractivity (Wildman–Crippen MR) is 150 cm³/mol. The van der Waals surface area contributed by atoms with Crippen molar-refractivity contribution in [1.29, 1.82) is 0 Å². The van der Waals surface area contributed by atoms with E-state index < -0.39 is 24.0 Å². The highest BCUT2D eigenvalue weighted by atomic mass is 19.2. The van der Waals surface area contributed by atoms with Crippen molar-refractivity contribution in [3.05, 3.63) is 118 Å². The van der Waals surface area contributed by atoms with E-state index in [9.17, 15) is 0 Å². The minimum Gasteiger partial charge on any atom is -0.234 e. The van der Waals surface area contributed by atoms with E-state index in [1.807, 2.05) is 24.3 Å². The van der Waals surface area contributed by atoms with Crippen molar-refractivity contribution in [2.24, 2.45) is 0 Å². The number of alkyl halides is 2. The van der Waals surface area contributed by atoms with Crippen LogP contribution in [0.15, 0.2) is 84.9 Å². The van der Waals surface area contributed by atoms with Gasteiger partial charge < -0.3 is 0 Å². The van der Waals surface area contributed by atoms with Crippen LogP contribution in [0.2, 0.25) is 0 Å². The third kappa shape index (κ3) is 6.18. The van der Waals surface area contributed by atoms with Gasteiger partial charge in [-0.05, 0) is 58.7 Å². The second-order valence-corrected chi connectivity index (χ2v) is 9.82. The molecule has 0 aliphatic rings. The minimum absolute atomic E-state index is 0.0374. The largest absolute Gasteiger partial charge is 0.234 e. The van der Waals surface area contributed by atoms with Crippen LogP contribution >= 0.6 is 0 Å². The number of halogens is 4. The molecule has 0 heterocycles. The molecule has 0 amide bonds. The summed E-state index contributed by atoms with van der Waals surface area (Å²) in [5, 5.41) is 0.745. The number of benzene rings is 4. The van der Waals surface area contributed by atoms with Gasteiger partial charge in [-0.1, -0.05) is 112 Å². The minimum atomic E-state index is -1.96. The van der Waals surface area contributed by atoms with Gasteiger partial charge in [0.15, 0.2) is 12.3 Å². The Kier molecular flexibility index (Phi) is 9.38. The molecule has 38 heavy (non-hydrogen) atoms. The second kappa shape index (κ2) is 12.9. The van der Waals surface area contributed by atoms with Gasteiger partial charge in [0.05, 0.1) is 0 Å². The average molecular weight is 519 g/mol. The molecule has 4 rings (SSSR count).